The van der Waals surface area contributed by atoms with Gasteiger partial charge in [-0.05, 0) is 88.1 Å². The number of carbonyl (C=O) groups is 1. The smallest absolute Gasteiger partial charge is 0.408 e. The molecule has 1 N–H and O–H groups in total. The summed E-state index contributed by atoms with van der Waals surface area (Å²) in [5, 5.41) is 3.24. The van der Waals surface area contributed by atoms with Gasteiger partial charge in [-0.2, -0.15) is 0 Å². The number of rotatable bonds is 2. The van der Waals surface area contributed by atoms with Crippen molar-refractivity contribution in [1.29, 1.82) is 0 Å². The minimum absolute atomic E-state index is 0.0831. The SMILES string of the molecule is CC(C)(C)OC(=O)N[C@H]1c2ccccc2C[C@@]12CC=C(c1cnc3c(n1)CN=C3N1CCCc3ncccc31)CC2. The molecule has 7 rings (SSSR count). The summed E-state index contributed by atoms with van der Waals surface area (Å²) in [5.41, 5.74) is 8.10. The van der Waals surface area contributed by atoms with Gasteiger partial charge in [-0.15, -0.1) is 0 Å². The van der Waals surface area contributed by atoms with Crippen molar-refractivity contribution in [2.45, 2.75) is 77.5 Å². The molecule has 1 spiro atoms. The van der Waals surface area contributed by atoms with E-state index in [1.807, 2.05) is 39.2 Å². The number of carbonyl (C=O) groups excluding carboxylic acids is 1. The maximum atomic E-state index is 12.9. The minimum Gasteiger partial charge on any atom is -0.444 e. The molecule has 3 aromatic rings. The number of anilines is 1. The second kappa shape index (κ2) is 9.79. The van der Waals surface area contributed by atoms with E-state index < -0.39 is 5.60 Å². The Kier molecular flexibility index (Phi) is 6.17. The molecule has 2 atom stereocenters. The molecule has 4 aliphatic rings. The number of amidine groups is 1. The molecule has 2 aromatic heterocycles. The predicted octanol–water partition coefficient (Wildman–Crippen LogP) is 5.96. The first-order chi connectivity index (χ1) is 19.8. The number of pyridine rings is 1. The van der Waals surface area contributed by atoms with Crippen LogP contribution in [0.3, 0.4) is 0 Å². The fourth-order valence-corrected chi connectivity index (χ4v) is 6.94. The number of nitrogens with one attached hydrogen (secondary N) is 1. The molecule has 210 valence electrons. The highest BCUT2D eigenvalue weighted by atomic mass is 16.6. The predicted molar refractivity (Wildman–Crippen MR) is 159 cm³/mol. The van der Waals surface area contributed by atoms with Gasteiger partial charge in [-0.25, -0.2) is 14.8 Å². The van der Waals surface area contributed by atoms with Crippen molar-refractivity contribution in [2.24, 2.45) is 10.4 Å². The van der Waals surface area contributed by atoms with Gasteiger partial charge in [0.15, 0.2) is 5.84 Å². The second-order valence-corrected chi connectivity index (χ2v) is 12.7. The van der Waals surface area contributed by atoms with E-state index in [-0.39, 0.29) is 17.6 Å². The fourth-order valence-electron chi connectivity index (χ4n) is 6.94. The van der Waals surface area contributed by atoms with Crippen molar-refractivity contribution in [3.05, 3.63) is 88.8 Å². The highest BCUT2D eigenvalue weighted by molar-refractivity contribution is 6.11. The normalized spacial score (nSPS) is 22.9. The summed E-state index contributed by atoms with van der Waals surface area (Å²) < 4.78 is 5.65. The quantitative estimate of drug-likeness (QED) is 0.425. The lowest BCUT2D eigenvalue weighted by atomic mass is 9.70. The van der Waals surface area contributed by atoms with E-state index in [0.717, 1.165) is 79.4 Å². The number of aryl methyl sites for hydroxylation is 1. The van der Waals surface area contributed by atoms with Crippen molar-refractivity contribution >= 4 is 23.2 Å². The Bertz CT molecular complexity index is 1590. The van der Waals surface area contributed by atoms with E-state index in [2.05, 4.69) is 51.6 Å². The summed E-state index contributed by atoms with van der Waals surface area (Å²) in [5.74, 6) is 0.907. The lowest BCUT2D eigenvalue weighted by molar-refractivity contribution is 0.0442. The van der Waals surface area contributed by atoms with Crippen molar-refractivity contribution in [2.75, 3.05) is 11.4 Å². The third kappa shape index (κ3) is 4.69. The molecular formula is C33H36N6O2. The van der Waals surface area contributed by atoms with E-state index >= 15 is 0 Å². The Balaban J connectivity index is 1.12. The number of amides is 1. The molecule has 0 unspecified atom stereocenters. The largest absolute Gasteiger partial charge is 0.444 e. The molecular weight excluding hydrogens is 512 g/mol. The lowest BCUT2D eigenvalue weighted by Crippen LogP contribution is -2.42. The van der Waals surface area contributed by atoms with Crippen LogP contribution in [0, 0.1) is 5.41 Å². The molecule has 2 aliphatic carbocycles. The summed E-state index contributed by atoms with van der Waals surface area (Å²) in [6.07, 6.45) is 11.4. The molecule has 0 fully saturated rings. The van der Waals surface area contributed by atoms with Crippen molar-refractivity contribution in [3.63, 3.8) is 0 Å². The Morgan fingerprint density at radius 3 is 2.80 bits per heavy atom. The van der Waals surface area contributed by atoms with Gasteiger partial charge in [-0.1, -0.05) is 30.3 Å². The maximum Gasteiger partial charge on any atom is 0.408 e. The number of fused-ring (bicyclic) bond motifs is 3. The van der Waals surface area contributed by atoms with Gasteiger partial charge in [0.1, 0.15) is 11.3 Å². The van der Waals surface area contributed by atoms with Crippen LogP contribution in [0.2, 0.25) is 0 Å². The highest BCUT2D eigenvalue weighted by Crippen LogP contribution is 2.54. The first kappa shape index (κ1) is 25.9. The lowest BCUT2D eigenvalue weighted by Gasteiger charge is -2.39. The number of benzene rings is 1. The summed E-state index contributed by atoms with van der Waals surface area (Å²) in [6.45, 7) is 7.15. The molecule has 8 nitrogen and oxygen atoms in total. The van der Waals surface area contributed by atoms with Crippen molar-refractivity contribution in [1.82, 2.24) is 20.3 Å². The molecule has 0 bridgehead atoms. The third-order valence-corrected chi connectivity index (χ3v) is 8.80. The standard InChI is InChI=1S/C33H36N6O2/c1-32(2,3)41-31(40)38-29-23-9-5-4-8-22(23)18-33(29)14-12-21(13-15-33)25-19-35-28-26(37-25)20-36-30(28)39-17-7-10-24-27(39)11-6-16-34-24/h4-6,8-9,11-12,16,19,29H,7,10,13-15,17-18,20H2,1-3H3,(H,38,40)/t29-,33-/m0/s1. The monoisotopic (exact) mass is 548 g/mol. The van der Waals surface area contributed by atoms with Crippen LogP contribution < -0.4 is 10.2 Å². The van der Waals surface area contributed by atoms with Gasteiger partial charge >= 0.3 is 6.09 Å². The third-order valence-electron chi connectivity index (χ3n) is 8.80. The van der Waals surface area contributed by atoms with Crippen LogP contribution in [-0.4, -0.2) is 39.0 Å². The van der Waals surface area contributed by atoms with Crippen LogP contribution in [0.1, 0.15) is 86.4 Å². The second-order valence-electron chi connectivity index (χ2n) is 12.7. The molecule has 2 aliphatic heterocycles. The maximum absolute atomic E-state index is 12.9. The summed E-state index contributed by atoms with van der Waals surface area (Å²) in [7, 11) is 0. The number of hydrogen-bond acceptors (Lipinski definition) is 7. The first-order valence-corrected chi connectivity index (χ1v) is 14.7. The van der Waals surface area contributed by atoms with Crippen LogP contribution in [-0.2, 0) is 24.1 Å². The Morgan fingerprint density at radius 2 is 1.98 bits per heavy atom. The molecule has 0 radical (unpaired) electrons. The van der Waals surface area contributed by atoms with Gasteiger partial charge in [0.05, 0.1) is 41.6 Å². The number of aliphatic imine (C=N–C) groups is 1. The number of alkyl carbamates (subject to hydrolysis) is 1. The zero-order valence-electron chi connectivity index (χ0n) is 24.0. The molecule has 1 amide bonds. The Labute approximate surface area is 241 Å². The summed E-state index contributed by atoms with van der Waals surface area (Å²) in [4.78, 5) is 34.5. The number of aromatic nitrogens is 3. The average Bonchev–Trinajstić information content (AvgIpc) is 3.51. The molecule has 0 saturated heterocycles. The van der Waals surface area contributed by atoms with E-state index in [9.17, 15) is 4.79 Å². The summed E-state index contributed by atoms with van der Waals surface area (Å²) >= 11 is 0. The van der Waals surface area contributed by atoms with Gasteiger partial charge in [-0.3, -0.25) is 9.98 Å². The van der Waals surface area contributed by atoms with Crippen LogP contribution in [0.4, 0.5) is 10.5 Å². The molecule has 8 heteroatoms. The van der Waals surface area contributed by atoms with Crippen LogP contribution >= 0.6 is 0 Å². The number of nitrogens with zero attached hydrogens (tertiary/aromatic N) is 5. The zero-order chi connectivity index (χ0) is 28.2. The topological polar surface area (TPSA) is 92.6 Å². The van der Waals surface area contributed by atoms with E-state index in [0.29, 0.717) is 6.54 Å². The van der Waals surface area contributed by atoms with Gasteiger partial charge in [0, 0.05) is 18.2 Å². The molecule has 4 heterocycles. The van der Waals surface area contributed by atoms with Gasteiger partial charge in [0.2, 0.25) is 0 Å². The Hall–Kier alpha value is -4.07. The number of ether oxygens (including phenoxy) is 1. The number of allylic oxidation sites excluding steroid dienone is 2. The summed E-state index contributed by atoms with van der Waals surface area (Å²) in [6, 6.07) is 12.5. The first-order valence-electron chi connectivity index (χ1n) is 14.7. The van der Waals surface area contributed by atoms with Crippen LogP contribution in [0.5, 0.6) is 0 Å². The molecule has 41 heavy (non-hydrogen) atoms. The number of hydrogen-bond donors (Lipinski definition) is 1. The van der Waals surface area contributed by atoms with E-state index in [1.165, 1.54) is 16.7 Å². The Morgan fingerprint density at radius 1 is 1.10 bits per heavy atom. The molecule has 0 saturated carbocycles. The van der Waals surface area contributed by atoms with Crippen LogP contribution in [0.15, 0.2) is 59.9 Å². The molecule has 1 aromatic carbocycles. The van der Waals surface area contributed by atoms with E-state index in [1.54, 1.807) is 0 Å². The zero-order valence-corrected chi connectivity index (χ0v) is 24.0. The minimum atomic E-state index is -0.543. The fraction of sp³-hybridized carbons (Fsp3) is 0.424. The van der Waals surface area contributed by atoms with Crippen LogP contribution in [0.25, 0.3) is 5.57 Å². The highest BCUT2D eigenvalue weighted by Gasteiger charge is 2.47. The van der Waals surface area contributed by atoms with Crippen molar-refractivity contribution in [3.8, 4) is 0 Å². The van der Waals surface area contributed by atoms with Crippen molar-refractivity contribution < 1.29 is 9.53 Å². The van der Waals surface area contributed by atoms with E-state index in [4.69, 9.17) is 19.7 Å². The van der Waals surface area contributed by atoms with Gasteiger partial charge in [0.25, 0.3) is 0 Å². The average molecular weight is 549 g/mol. The van der Waals surface area contributed by atoms with Gasteiger partial charge < -0.3 is 15.0 Å².